The Labute approximate surface area is 168 Å². The molecule has 0 unspecified atom stereocenters. The molecule has 24 heavy (non-hydrogen) atoms. The third-order valence-corrected chi connectivity index (χ3v) is 2.09. The summed E-state index contributed by atoms with van der Waals surface area (Å²) < 4.78 is 40.5. The van der Waals surface area contributed by atoms with Crippen molar-refractivity contribution in [1.82, 2.24) is 0 Å². The Morgan fingerprint density at radius 1 is 0.583 bits per heavy atom. The summed E-state index contributed by atoms with van der Waals surface area (Å²) in [7, 11) is 0. The molecular formula is C24H58. The van der Waals surface area contributed by atoms with Crippen LogP contribution in [-0.2, 0) is 0 Å². The van der Waals surface area contributed by atoms with Crippen molar-refractivity contribution in [2.45, 2.75) is 129 Å². The van der Waals surface area contributed by atoms with E-state index in [0.717, 1.165) is 17.8 Å². The molecule has 0 spiro atoms. The van der Waals surface area contributed by atoms with Crippen LogP contribution in [0.15, 0.2) is 0 Å². The van der Waals surface area contributed by atoms with Gasteiger partial charge in [-0.2, -0.15) is 0 Å². The molecule has 0 saturated carbocycles. The molecule has 0 amide bonds. The van der Waals surface area contributed by atoms with Crippen LogP contribution in [0, 0.1) is 29.6 Å². The highest BCUT2D eigenvalue weighted by molar-refractivity contribution is 4.38. The van der Waals surface area contributed by atoms with Gasteiger partial charge in [-0.1, -0.05) is 129 Å². The molecule has 0 N–H and O–H groups in total. The van der Waals surface area contributed by atoms with Crippen molar-refractivity contribution in [2.75, 3.05) is 0 Å². The minimum absolute atomic E-state index is 0.201. The van der Waals surface area contributed by atoms with E-state index in [2.05, 4.69) is 62.3 Å². The minimum Gasteiger partial charge on any atom is -0.0654 e. The highest BCUT2D eigenvalue weighted by Crippen LogP contribution is 2.00. The van der Waals surface area contributed by atoms with E-state index in [1.165, 1.54) is 19.3 Å². The van der Waals surface area contributed by atoms with Gasteiger partial charge < -0.3 is 0 Å². The number of hydrogen-bond donors (Lipinski definition) is 0. The van der Waals surface area contributed by atoms with Crippen LogP contribution >= 0.6 is 0 Å². The maximum atomic E-state index is 6.80. The van der Waals surface area contributed by atoms with Crippen LogP contribution in [0.25, 0.3) is 0 Å². The molecule has 154 valence electrons. The molecular weight excluding hydrogens is 288 g/mol. The fourth-order valence-corrected chi connectivity index (χ4v) is 0.577. The maximum absolute atomic E-state index is 6.80. The molecule has 0 atom stereocenters. The van der Waals surface area contributed by atoms with Crippen LogP contribution in [0.1, 0.15) is 138 Å². The maximum Gasteiger partial charge on any atom is 0.0233 e. The fourth-order valence-electron chi connectivity index (χ4n) is 0.577. The van der Waals surface area contributed by atoms with Gasteiger partial charge in [0.25, 0.3) is 0 Å². The quantitative estimate of drug-likeness (QED) is 0.472. The molecule has 0 aromatic carbocycles. The zero-order valence-corrected chi connectivity index (χ0v) is 19.7. The monoisotopic (exact) mass is 352 g/mol. The molecule has 0 radical (unpaired) electrons. The average Bonchev–Trinajstić information content (AvgIpc) is 2.44. The summed E-state index contributed by atoms with van der Waals surface area (Å²) in [5.74, 6) is 2.69. The lowest BCUT2D eigenvalue weighted by Gasteiger charge is -1.95. The summed E-state index contributed by atoms with van der Waals surface area (Å²) in [5.41, 5.74) is 0. The third kappa shape index (κ3) is 198. The third-order valence-electron chi connectivity index (χ3n) is 2.09. The van der Waals surface area contributed by atoms with Gasteiger partial charge in [0.05, 0.1) is 0 Å². The van der Waals surface area contributed by atoms with Crippen molar-refractivity contribution in [2.24, 2.45) is 29.6 Å². The van der Waals surface area contributed by atoms with E-state index in [-0.39, 0.29) is 11.8 Å². The number of rotatable bonds is 4. The zero-order chi connectivity index (χ0) is 25.7. The van der Waals surface area contributed by atoms with E-state index >= 15 is 0 Å². The van der Waals surface area contributed by atoms with Crippen LogP contribution < -0.4 is 0 Å². The molecule has 0 rings (SSSR count). The predicted octanol–water partition coefficient (Wildman–Crippen LogP) is 9.87. The smallest absolute Gasteiger partial charge is 0.0233 e. The molecule has 0 aliphatic heterocycles. The highest BCUT2D eigenvalue weighted by atomic mass is 13.9. The summed E-state index contributed by atoms with van der Waals surface area (Å²) >= 11 is 0. The van der Waals surface area contributed by atoms with Gasteiger partial charge in [0, 0.05) is 8.22 Å². The van der Waals surface area contributed by atoms with E-state index in [0.29, 0.717) is 6.42 Å². The van der Waals surface area contributed by atoms with E-state index in [1.807, 2.05) is 13.8 Å². The van der Waals surface area contributed by atoms with E-state index < -0.39 is 13.7 Å². The zero-order valence-electron chi connectivity index (χ0n) is 25.7. The van der Waals surface area contributed by atoms with Gasteiger partial charge in [-0.05, 0) is 29.6 Å². The van der Waals surface area contributed by atoms with Gasteiger partial charge in [-0.3, -0.25) is 0 Å². The second-order valence-electron chi connectivity index (χ2n) is 8.47. The lowest BCUT2D eigenvalue weighted by Crippen LogP contribution is -1.81. The van der Waals surface area contributed by atoms with Gasteiger partial charge in [0.2, 0.25) is 0 Å². The van der Waals surface area contributed by atoms with Crippen molar-refractivity contribution in [3.05, 3.63) is 0 Å². The Balaban J connectivity index is -0.0000000886. The van der Waals surface area contributed by atoms with Crippen molar-refractivity contribution >= 4 is 0 Å². The largest absolute Gasteiger partial charge is 0.0654 e. The fraction of sp³-hybridized carbons (Fsp3) is 1.00. The second kappa shape index (κ2) is 30.8. The SMILES string of the molecule is CC(C)C.CCC(C)C.CCCC(C)C.[2H]C([2H])([2H])C(C)C.[2H]C([2H])([2H])CC(C)C. The second-order valence-corrected chi connectivity index (χ2v) is 8.47. The number of hydrogen-bond acceptors (Lipinski definition) is 0. The molecule has 0 aliphatic carbocycles. The Morgan fingerprint density at radius 2 is 0.875 bits per heavy atom. The topological polar surface area (TPSA) is 0 Å². The standard InChI is InChI=1S/C6H14.2C5H12.2C4H10/c1-4-5-6(2)3;2*1-4-5(2)3;2*1-4(2)3/h6H,4-5H2,1-3H3;2*5H,4H2,1-3H3;2*4H,1-3H3/i;1D3;;1D3;. The molecule has 0 fully saturated rings. The van der Waals surface area contributed by atoms with Crippen LogP contribution in [0.5, 0.6) is 0 Å². The lowest BCUT2D eigenvalue weighted by atomic mass is 10.1. The van der Waals surface area contributed by atoms with Crippen LogP contribution in [0.2, 0.25) is 0 Å². The first-order chi connectivity index (χ1) is 13.1. The molecule has 0 saturated heterocycles. The van der Waals surface area contributed by atoms with Gasteiger partial charge in [0.15, 0.2) is 0 Å². The van der Waals surface area contributed by atoms with E-state index in [9.17, 15) is 0 Å². The first-order valence-electron chi connectivity index (χ1n) is 13.1. The van der Waals surface area contributed by atoms with Gasteiger partial charge >= 0.3 is 0 Å². The molecule has 0 bridgehead atoms. The summed E-state index contributed by atoms with van der Waals surface area (Å²) in [4.78, 5) is 0. The predicted molar refractivity (Wildman–Crippen MR) is 121 cm³/mol. The van der Waals surface area contributed by atoms with Crippen LogP contribution in [0.3, 0.4) is 0 Å². The van der Waals surface area contributed by atoms with Crippen molar-refractivity contribution in [3.63, 3.8) is 0 Å². The summed E-state index contributed by atoms with van der Waals surface area (Å²) in [6.45, 7) is 23.6. The normalized spacial score (nSPS) is 14.2. The lowest BCUT2D eigenvalue weighted by molar-refractivity contribution is 0.576. The Kier molecular flexibility index (Phi) is 26.1. The van der Waals surface area contributed by atoms with Crippen molar-refractivity contribution < 1.29 is 8.22 Å². The average molecular weight is 353 g/mol. The van der Waals surface area contributed by atoms with E-state index in [1.54, 1.807) is 13.8 Å². The first-order valence-corrected chi connectivity index (χ1v) is 10.1. The summed E-state index contributed by atoms with van der Waals surface area (Å²) in [6.07, 6.45) is 4.34. The molecule has 0 aliphatic rings. The molecule has 0 heteroatoms. The van der Waals surface area contributed by atoms with Crippen LogP contribution in [0.4, 0.5) is 0 Å². The van der Waals surface area contributed by atoms with Gasteiger partial charge in [0.1, 0.15) is 0 Å². The molecule has 0 heterocycles. The summed E-state index contributed by atoms with van der Waals surface area (Å²) in [6, 6.07) is 0. The van der Waals surface area contributed by atoms with E-state index in [4.69, 9.17) is 8.22 Å². The summed E-state index contributed by atoms with van der Waals surface area (Å²) in [5, 5.41) is 0. The van der Waals surface area contributed by atoms with Crippen molar-refractivity contribution in [3.8, 4) is 0 Å². The first kappa shape index (κ1) is 20.3. The Bertz CT molecular complexity index is 297. The highest BCUT2D eigenvalue weighted by Gasteiger charge is 1.85. The molecule has 0 nitrogen and oxygen atoms in total. The van der Waals surface area contributed by atoms with Gasteiger partial charge in [-0.15, -0.1) is 0 Å². The van der Waals surface area contributed by atoms with Crippen molar-refractivity contribution in [1.29, 1.82) is 0 Å². The Hall–Kier alpha value is 0. The molecule has 0 aromatic rings. The van der Waals surface area contributed by atoms with Gasteiger partial charge in [-0.25, -0.2) is 0 Å². The molecule has 0 aromatic heterocycles. The van der Waals surface area contributed by atoms with Crippen LogP contribution in [-0.4, -0.2) is 0 Å². The minimum atomic E-state index is -1.75. The Morgan fingerprint density at radius 3 is 0.875 bits per heavy atom.